The lowest BCUT2D eigenvalue weighted by Crippen LogP contribution is -2.23. The summed E-state index contributed by atoms with van der Waals surface area (Å²) in [6, 6.07) is 4.05. The van der Waals surface area contributed by atoms with Gasteiger partial charge in [0.1, 0.15) is 0 Å². The molecule has 0 aliphatic heterocycles. The van der Waals surface area contributed by atoms with Gasteiger partial charge in [0.05, 0.1) is 11.0 Å². The van der Waals surface area contributed by atoms with E-state index in [1.165, 1.54) is 18.2 Å². The molecule has 1 heterocycles. The van der Waals surface area contributed by atoms with Crippen molar-refractivity contribution in [2.24, 2.45) is 0 Å². The number of nitrogens with one attached hydrogen (secondary N) is 1. The van der Waals surface area contributed by atoms with E-state index in [2.05, 4.69) is 9.97 Å². The maximum atomic E-state index is 12.3. The highest BCUT2D eigenvalue weighted by Gasteiger charge is 2.36. The van der Waals surface area contributed by atoms with Crippen molar-refractivity contribution in [2.75, 3.05) is 0 Å². The zero-order chi connectivity index (χ0) is 11.9. The molecule has 0 aliphatic rings. The van der Waals surface area contributed by atoms with E-state index in [0.717, 1.165) is 0 Å². The molecule has 1 aromatic heterocycles. The Labute approximate surface area is 91.9 Å². The summed E-state index contributed by atoms with van der Waals surface area (Å²) in [5, 5.41) is 0.310. The van der Waals surface area contributed by atoms with Gasteiger partial charge in [0.2, 0.25) is 5.69 Å². The molecule has 16 heavy (non-hydrogen) atoms. The standard InChI is InChI=1S/C9H4ClF3N2O/c10-4-1-2-5-6(3-4)15-8(16)7(14-5)9(11,12)13/h1-3H,(H,15,16). The molecule has 0 amide bonds. The Hall–Kier alpha value is -1.56. The Morgan fingerprint density at radius 1 is 1.31 bits per heavy atom. The van der Waals surface area contributed by atoms with Crippen LogP contribution in [-0.2, 0) is 6.18 Å². The smallest absolute Gasteiger partial charge is 0.319 e. The monoisotopic (exact) mass is 248 g/mol. The highest BCUT2D eigenvalue weighted by Crippen LogP contribution is 2.26. The first-order valence-corrected chi connectivity index (χ1v) is 4.52. The van der Waals surface area contributed by atoms with Gasteiger partial charge in [-0.25, -0.2) is 4.98 Å². The second-order valence-electron chi connectivity index (χ2n) is 3.07. The first-order chi connectivity index (χ1) is 7.38. The molecule has 0 fully saturated rings. The van der Waals surface area contributed by atoms with E-state index in [1.807, 2.05) is 0 Å². The third-order valence-corrected chi connectivity index (χ3v) is 2.16. The summed E-state index contributed by atoms with van der Waals surface area (Å²) in [4.78, 5) is 16.5. The lowest BCUT2D eigenvalue weighted by molar-refractivity contribution is -0.142. The number of aromatic amines is 1. The van der Waals surface area contributed by atoms with Crippen LogP contribution in [0.25, 0.3) is 11.0 Å². The molecule has 0 saturated heterocycles. The van der Waals surface area contributed by atoms with Gasteiger partial charge < -0.3 is 4.98 Å². The van der Waals surface area contributed by atoms with E-state index < -0.39 is 17.4 Å². The van der Waals surface area contributed by atoms with E-state index in [9.17, 15) is 18.0 Å². The summed E-state index contributed by atoms with van der Waals surface area (Å²) in [7, 11) is 0. The molecule has 3 nitrogen and oxygen atoms in total. The van der Waals surface area contributed by atoms with Gasteiger partial charge in [-0.05, 0) is 18.2 Å². The maximum Gasteiger partial charge on any atom is 0.438 e. The number of halogens is 4. The van der Waals surface area contributed by atoms with E-state index in [-0.39, 0.29) is 11.0 Å². The average Bonchev–Trinajstić information content (AvgIpc) is 2.14. The van der Waals surface area contributed by atoms with Crippen molar-refractivity contribution in [3.8, 4) is 0 Å². The summed E-state index contributed by atoms with van der Waals surface area (Å²) >= 11 is 5.63. The average molecular weight is 249 g/mol. The van der Waals surface area contributed by atoms with Crippen LogP contribution < -0.4 is 5.56 Å². The molecule has 0 spiro atoms. The molecule has 0 saturated carbocycles. The Morgan fingerprint density at radius 3 is 2.62 bits per heavy atom. The molecule has 0 unspecified atom stereocenters. The van der Waals surface area contributed by atoms with E-state index in [4.69, 9.17) is 11.6 Å². The Morgan fingerprint density at radius 2 is 2.00 bits per heavy atom. The minimum atomic E-state index is -4.76. The summed E-state index contributed by atoms with van der Waals surface area (Å²) in [5.41, 5.74) is -2.52. The number of aromatic nitrogens is 2. The van der Waals surface area contributed by atoms with Crippen molar-refractivity contribution in [1.29, 1.82) is 0 Å². The zero-order valence-corrected chi connectivity index (χ0v) is 8.36. The molecular weight excluding hydrogens is 245 g/mol. The number of fused-ring (bicyclic) bond motifs is 1. The van der Waals surface area contributed by atoms with Gasteiger partial charge in [0.25, 0.3) is 5.56 Å². The second kappa shape index (κ2) is 3.48. The third kappa shape index (κ3) is 1.88. The van der Waals surface area contributed by atoms with Crippen LogP contribution >= 0.6 is 11.6 Å². The van der Waals surface area contributed by atoms with E-state index >= 15 is 0 Å². The fourth-order valence-electron chi connectivity index (χ4n) is 1.25. The van der Waals surface area contributed by atoms with Crippen LogP contribution in [0.4, 0.5) is 13.2 Å². The molecule has 0 aliphatic carbocycles. The van der Waals surface area contributed by atoms with Crippen molar-refractivity contribution in [2.45, 2.75) is 6.18 Å². The first kappa shape index (κ1) is 10.9. The van der Waals surface area contributed by atoms with Crippen molar-refractivity contribution in [1.82, 2.24) is 9.97 Å². The van der Waals surface area contributed by atoms with E-state index in [1.54, 1.807) is 0 Å². The van der Waals surface area contributed by atoms with Crippen molar-refractivity contribution in [3.05, 3.63) is 39.3 Å². The van der Waals surface area contributed by atoms with Gasteiger partial charge >= 0.3 is 6.18 Å². The molecule has 0 bridgehead atoms. The molecule has 1 aromatic carbocycles. The number of benzene rings is 1. The summed E-state index contributed by atoms with van der Waals surface area (Å²) in [5.74, 6) is 0. The van der Waals surface area contributed by atoms with Crippen LogP contribution in [-0.4, -0.2) is 9.97 Å². The molecular formula is C9H4ClF3N2O. The second-order valence-corrected chi connectivity index (χ2v) is 3.51. The first-order valence-electron chi connectivity index (χ1n) is 4.15. The third-order valence-electron chi connectivity index (χ3n) is 1.92. The van der Waals surface area contributed by atoms with Gasteiger partial charge in [-0.3, -0.25) is 4.79 Å². The predicted octanol–water partition coefficient (Wildman–Crippen LogP) is 2.60. The molecule has 1 N–H and O–H groups in total. The molecule has 0 atom stereocenters. The van der Waals surface area contributed by atoms with Crippen molar-refractivity contribution in [3.63, 3.8) is 0 Å². The SMILES string of the molecule is O=c1[nH]c2cc(Cl)ccc2nc1C(F)(F)F. The summed E-state index contributed by atoms with van der Waals surface area (Å²) in [6.07, 6.45) is -4.76. The number of alkyl halides is 3. The van der Waals surface area contributed by atoms with Crippen LogP contribution in [0, 0.1) is 0 Å². The van der Waals surface area contributed by atoms with E-state index in [0.29, 0.717) is 5.02 Å². The number of nitrogens with zero attached hydrogens (tertiary/aromatic N) is 1. The minimum absolute atomic E-state index is 0.0383. The number of rotatable bonds is 0. The molecule has 2 aromatic rings. The minimum Gasteiger partial charge on any atom is -0.319 e. The fourth-order valence-corrected chi connectivity index (χ4v) is 1.42. The fraction of sp³-hybridized carbons (Fsp3) is 0.111. The normalized spacial score (nSPS) is 12.0. The highest BCUT2D eigenvalue weighted by atomic mass is 35.5. The van der Waals surface area contributed by atoms with Crippen LogP contribution in [0.5, 0.6) is 0 Å². The van der Waals surface area contributed by atoms with Gasteiger partial charge in [-0.1, -0.05) is 11.6 Å². The lowest BCUT2D eigenvalue weighted by atomic mass is 10.3. The van der Waals surface area contributed by atoms with Crippen LogP contribution in [0.1, 0.15) is 5.69 Å². The van der Waals surface area contributed by atoms with Gasteiger partial charge in [-0.15, -0.1) is 0 Å². The summed E-state index contributed by atoms with van der Waals surface area (Å²) < 4.78 is 37.0. The Balaban J connectivity index is 2.78. The van der Waals surface area contributed by atoms with Crippen LogP contribution in [0.2, 0.25) is 5.02 Å². The van der Waals surface area contributed by atoms with Gasteiger partial charge in [-0.2, -0.15) is 13.2 Å². The highest BCUT2D eigenvalue weighted by molar-refractivity contribution is 6.31. The van der Waals surface area contributed by atoms with Crippen molar-refractivity contribution >= 4 is 22.6 Å². The van der Waals surface area contributed by atoms with Crippen LogP contribution in [0.3, 0.4) is 0 Å². The molecule has 0 radical (unpaired) electrons. The summed E-state index contributed by atoms with van der Waals surface area (Å²) in [6.45, 7) is 0. The van der Waals surface area contributed by atoms with Gasteiger partial charge in [0.15, 0.2) is 0 Å². The number of hydrogen-bond donors (Lipinski definition) is 1. The largest absolute Gasteiger partial charge is 0.438 e. The lowest BCUT2D eigenvalue weighted by Gasteiger charge is -2.05. The molecule has 2 rings (SSSR count). The van der Waals surface area contributed by atoms with Crippen LogP contribution in [0.15, 0.2) is 23.0 Å². The number of H-pyrrole nitrogens is 1. The molecule has 7 heteroatoms. The zero-order valence-electron chi connectivity index (χ0n) is 7.60. The quantitative estimate of drug-likeness (QED) is 0.779. The van der Waals surface area contributed by atoms with Gasteiger partial charge in [0, 0.05) is 5.02 Å². The Bertz CT molecular complexity index is 606. The number of hydrogen-bond acceptors (Lipinski definition) is 2. The predicted molar refractivity (Wildman–Crippen MR) is 52.4 cm³/mol. The van der Waals surface area contributed by atoms with Crippen molar-refractivity contribution < 1.29 is 13.2 Å². The Kier molecular flexibility index (Phi) is 2.38. The topological polar surface area (TPSA) is 45.8 Å². The molecule has 84 valence electrons. The maximum absolute atomic E-state index is 12.3.